The molecule has 0 bridgehead atoms. The minimum atomic E-state index is -3.56. The summed E-state index contributed by atoms with van der Waals surface area (Å²) in [6, 6.07) is 0. The van der Waals surface area contributed by atoms with Crippen LogP contribution in [0, 0.1) is 12.3 Å². The van der Waals surface area contributed by atoms with Gasteiger partial charge in [0.1, 0.15) is 6.61 Å². The minimum Gasteiger partial charge on any atom is -0.287 e. The molecule has 0 aliphatic rings. The Morgan fingerprint density at radius 3 is 2.19 bits per heavy atom. The van der Waals surface area contributed by atoms with E-state index in [0.717, 1.165) is 0 Å². The van der Waals surface area contributed by atoms with Crippen LogP contribution in [0.2, 0.25) is 0 Å². The Bertz CT molecular complexity index is 445. The highest BCUT2D eigenvalue weighted by atomic mass is 32.2. The lowest BCUT2D eigenvalue weighted by Crippen LogP contribution is -2.11. The van der Waals surface area contributed by atoms with Crippen LogP contribution in [0.15, 0.2) is 0 Å². The van der Waals surface area contributed by atoms with E-state index < -0.39 is 17.9 Å². The Labute approximate surface area is 127 Å². The molecule has 21 heavy (non-hydrogen) atoms. The third-order valence-electron chi connectivity index (χ3n) is 2.18. The second-order valence-electron chi connectivity index (χ2n) is 3.90. The largest absolute Gasteiger partial charge is 0.474 e. The van der Waals surface area contributed by atoms with Crippen LogP contribution in [-0.2, 0) is 32.4 Å². The van der Waals surface area contributed by atoms with Crippen LogP contribution in [0.4, 0.5) is 0 Å². The lowest BCUT2D eigenvalue weighted by molar-refractivity contribution is 0.120. The van der Waals surface area contributed by atoms with E-state index in [-0.39, 0.29) is 32.2 Å². The number of terminal acetylenes is 1. The molecule has 0 N–H and O–H groups in total. The lowest BCUT2D eigenvalue weighted by Gasteiger charge is -2.16. The van der Waals surface area contributed by atoms with E-state index in [2.05, 4.69) is 10.1 Å². The second kappa shape index (κ2) is 11.2. The van der Waals surface area contributed by atoms with Crippen molar-refractivity contribution in [1.82, 2.24) is 0 Å². The van der Waals surface area contributed by atoms with Crippen molar-refractivity contribution in [3.8, 4) is 12.3 Å². The van der Waals surface area contributed by atoms with E-state index in [4.69, 9.17) is 20.0 Å². The van der Waals surface area contributed by atoms with Crippen molar-refractivity contribution in [2.45, 2.75) is 33.1 Å². The predicted molar refractivity (Wildman–Crippen MR) is 79.2 cm³/mol. The molecular formula is C12H23O7PS. The van der Waals surface area contributed by atoms with Crippen molar-refractivity contribution >= 4 is 17.9 Å². The summed E-state index contributed by atoms with van der Waals surface area (Å²) in [6.45, 7) is 3.75. The van der Waals surface area contributed by atoms with Gasteiger partial charge < -0.3 is 0 Å². The van der Waals surface area contributed by atoms with Crippen molar-refractivity contribution in [2.75, 3.05) is 32.2 Å². The maximum absolute atomic E-state index is 11.9. The SMILES string of the molecule is C#CCOS(=O)(=O)CCCCCOP(=O)(OCC)OCC. The Hall–Kier alpha value is -0.420. The molecule has 0 unspecified atom stereocenters. The maximum atomic E-state index is 11.9. The molecular weight excluding hydrogens is 319 g/mol. The first-order chi connectivity index (χ1) is 9.89. The van der Waals surface area contributed by atoms with Crippen LogP contribution >= 0.6 is 7.82 Å². The molecule has 0 amide bonds. The normalized spacial score (nSPS) is 12.2. The van der Waals surface area contributed by atoms with Crippen molar-refractivity contribution in [1.29, 1.82) is 0 Å². The molecule has 124 valence electrons. The van der Waals surface area contributed by atoms with Crippen LogP contribution in [0.25, 0.3) is 0 Å². The van der Waals surface area contributed by atoms with E-state index >= 15 is 0 Å². The Morgan fingerprint density at radius 2 is 1.67 bits per heavy atom. The van der Waals surface area contributed by atoms with Crippen LogP contribution in [0.5, 0.6) is 0 Å². The Kier molecular flexibility index (Phi) is 11.0. The van der Waals surface area contributed by atoms with Crippen molar-refractivity contribution in [3.05, 3.63) is 0 Å². The van der Waals surface area contributed by atoms with E-state index in [0.29, 0.717) is 19.3 Å². The molecule has 0 radical (unpaired) electrons. The zero-order valence-electron chi connectivity index (χ0n) is 12.4. The fraction of sp³-hybridized carbons (Fsp3) is 0.833. The molecule has 9 heteroatoms. The number of phosphoric acid groups is 1. The smallest absolute Gasteiger partial charge is 0.287 e. The van der Waals surface area contributed by atoms with Gasteiger partial charge >= 0.3 is 7.82 Å². The third-order valence-corrected chi connectivity index (χ3v) is 5.10. The Balaban J connectivity index is 3.86. The molecule has 0 atom stereocenters. The fourth-order valence-corrected chi connectivity index (χ4v) is 3.48. The van der Waals surface area contributed by atoms with Crippen molar-refractivity contribution in [3.63, 3.8) is 0 Å². The minimum absolute atomic E-state index is 0.108. The molecule has 0 aliphatic carbocycles. The predicted octanol–water partition coefficient (Wildman–Crippen LogP) is 2.33. The molecule has 0 spiro atoms. The van der Waals surface area contributed by atoms with Gasteiger partial charge in [-0.25, -0.2) is 4.57 Å². The first-order valence-corrected chi connectivity index (χ1v) is 9.77. The van der Waals surface area contributed by atoms with Gasteiger partial charge in [0, 0.05) is 0 Å². The van der Waals surface area contributed by atoms with Crippen molar-refractivity contribution < 1.29 is 30.7 Å². The highest BCUT2D eigenvalue weighted by Crippen LogP contribution is 2.49. The highest BCUT2D eigenvalue weighted by Gasteiger charge is 2.24. The molecule has 0 heterocycles. The van der Waals surface area contributed by atoms with E-state index in [1.54, 1.807) is 13.8 Å². The molecule has 0 saturated heterocycles. The van der Waals surface area contributed by atoms with Gasteiger partial charge in [0.05, 0.1) is 25.6 Å². The van der Waals surface area contributed by atoms with Gasteiger partial charge in [-0.1, -0.05) is 12.3 Å². The van der Waals surface area contributed by atoms with Gasteiger partial charge in [0.25, 0.3) is 10.1 Å². The topological polar surface area (TPSA) is 88.1 Å². The number of hydrogen-bond donors (Lipinski definition) is 0. The first-order valence-electron chi connectivity index (χ1n) is 6.73. The van der Waals surface area contributed by atoms with Gasteiger partial charge in [0.2, 0.25) is 0 Å². The van der Waals surface area contributed by atoms with E-state index in [9.17, 15) is 13.0 Å². The number of unbranched alkanes of at least 4 members (excludes halogenated alkanes) is 2. The molecule has 7 nitrogen and oxygen atoms in total. The van der Waals surface area contributed by atoms with E-state index in [1.807, 2.05) is 0 Å². The quantitative estimate of drug-likeness (QED) is 0.220. The zero-order chi connectivity index (χ0) is 16.2. The molecule has 0 aromatic heterocycles. The average Bonchev–Trinajstić information content (AvgIpc) is 2.41. The molecule has 0 rings (SSSR count). The summed E-state index contributed by atoms with van der Waals surface area (Å²) in [6.07, 6.45) is 6.44. The molecule has 0 aromatic carbocycles. The summed E-state index contributed by atoms with van der Waals surface area (Å²) >= 11 is 0. The maximum Gasteiger partial charge on any atom is 0.474 e. The van der Waals surface area contributed by atoms with Crippen LogP contribution in [-0.4, -0.2) is 40.6 Å². The van der Waals surface area contributed by atoms with Crippen LogP contribution in [0.1, 0.15) is 33.1 Å². The summed E-state index contributed by atoms with van der Waals surface area (Å²) in [5.74, 6) is 1.99. The summed E-state index contributed by atoms with van der Waals surface area (Å²) in [5, 5.41) is 0. The third kappa shape index (κ3) is 10.9. The fourth-order valence-electron chi connectivity index (χ4n) is 1.34. The van der Waals surface area contributed by atoms with Gasteiger partial charge in [-0.3, -0.25) is 17.8 Å². The molecule has 0 aromatic rings. The number of phosphoric ester groups is 1. The van der Waals surface area contributed by atoms with Gasteiger partial charge in [-0.2, -0.15) is 8.42 Å². The number of rotatable bonds is 13. The number of hydrogen-bond acceptors (Lipinski definition) is 7. The van der Waals surface area contributed by atoms with Crippen LogP contribution in [0.3, 0.4) is 0 Å². The Morgan fingerprint density at radius 1 is 1.05 bits per heavy atom. The van der Waals surface area contributed by atoms with Gasteiger partial charge in [-0.05, 0) is 26.7 Å². The zero-order valence-corrected chi connectivity index (χ0v) is 14.2. The summed E-state index contributed by atoms with van der Waals surface area (Å²) in [4.78, 5) is 0. The van der Waals surface area contributed by atoms with Gasteiger partial charge in [0.15, 0.2) is 0 Å². The van der Waals surface area contributed by atoms with Gasteiger partial charge in [-0.15, -0.1) is 6.42 Å². The summed E-state index contributed by atoms with van der Waals surface area (Å²) in [5.41, 5.74) is 0. The van der Waals surface area contributed by atoms with E-state index in [1.165, 1.54) is 0 Å². The molecule has 0 aliphatic heterocycles. The standard InChI is InChI=1S/C12H23O7PS/c1-4-10-19-21(14,15)12-9-7-8-11-18-20(13,16-5-2)17-6-3/h1H,5-12H2,2-3H3. The average molecular weight is 342 g/mol. The molecule has 0 saturated carbocycles. The lowest BCUT2D eigenvalue weighted by atomic mass is 10.3. The molecule has 0 fully saturated rings. The summed E-state index contributed by atoms with van der Waals surface area (Å²) < 4.78 is 54.1. The summed E-state index contributed by atoms with van der Waals surface area (Å²) in [7, 11) is -7.04. The van der Waals surface area contributed by atoms with Crippen LogP contribution < -0.4 is 0 Å². The van der Waals surface area contributed by atoms with Crippen molar-refractivity contribution in [2.24, 2.45) is 0 Å². The second-order valence-corrected chi connectivity index (χ2v) is 7.33. The highest BCUT2D eigenvalue weighted by molar-refractivity contribution is 7.86. The first kappa shape index (κ1) is 20.6. The monoisotopic (exact) mass is 342 g/mol.